The van der Waals surface area contributed by atoms with Gasteiger partial charge in [0.25, 0.3) is 0 Å². The molecule has 160 valence electrons. The topological polar surface area (TPSA) is 81.8 Å². The smallest absolute Gasteiger partial charge is 0.247 e. The Morgan fingerprint density at radius 1 is 1.14 bits per heavy atom. The van der Waals surface area contributed by atoms with E-state index in [9.17, 15) is 18.8 Å². The first-order valence-corrected chi connectivity index (χ1v) is 9.73. The number of halogens is 1. The van der Waals surface area contributed by atoms with E-state index in [2.05, 4.69) is 15.5 Å². The number of carbonyl (C=O) groups excluding carboxylic acids is 3. The molecule has 1 aliphatic rings. The fraction of sp³-hybridized carbons (Fsp3) is 0.571. The Morgan fingerprint density at radius 2 is 1.69 bits per heavy atom. The lowest BCUT2D eigenvalue weighted by atomic mass is 9.85. The second-order valence-electron chi connectivity index (χ2n) is 8.52. The van der Waals surface area contributed by atoms with Gasteiger partial charge in [-0.1, -0.05) is 12.1 Å². The quantitative estimate of drug-likeness (QED) is 0.737. The zero-order valence-electron chi connectivity index (χ0n) is 17.8. The maximum Gasteiger partial charge on any atom is 0.247 e. The molecule has 7 nitrogen and oxygen atoms in total. The summed E-state index contributed by atoms with van der Waals surface area (Å²) in [5.74, 6) is -1.27. The third-order valence-electron chi connectivity index (χ3n) is 5.30. The summed E-state index contributed by atoms with van der Waals surface area (Å²) >= 11 is 0. The second kappa shape index (κ2) is 8.90. The van der Waals surface area contributed by atoms with Crippen LogP contribution in [0.2, 0.25) is 0 Å². The van der Waals surface area contributed by atoms with Gasteiger partial charge in [0.05, 0.1) is 6.42 Å². The van der Waals surface area contributed by atoms with Crippen LogP contribution in [0.15, 0.2) is 24.3 Å². The fourth-order valence-corrected chi connectivity index (χ4v) is 3.52. The minimum absolute atomic E-state index is 0.0468. The highest BCUT2D eigenvalue weighted by molar-refractivity contribution is 5.96. The van der Waals surface area contributed by atoms with Gasteiger partial charge in [0.1, 0.15) is 16.9 Å². The average Bonchev–Trinajstić information content (AvgIpc) is 2.64. The van der Waals surface area contributed by atoms with Crippen LogP contribution in [0.4, 0.5) is 4.39 Å². The minimum Gasteiger partial charge on any atom is -0.347 e. The lowest BCUT2D eigenvalue weighted by Gasteiger charge is -2.42. The molecular weight excluding hydrogens is 375 g/mol. The molecule has 0 radical (unpaired) electrons. The summed E-state index contributed by atoms with van der Waals surface area (Å²) < 4.78 is 13.1. The molecule has 0 saturated carbocycles. The summed E-state index contributed by atoms with van der Waals surface area (Å²) in [6, 6.07) is 5.70. The van der Waals surface area contributed by atoms with E-state index in [1.165, 1.54) is 17.0 Å². The summed E-state index contributed by atoms with van der Waals surface area (Å²) in [7, 11) is 5.22. The highest BCUT2D eigenvalue weighted by Crippen LogP contribution is 2.24. The molecule has 0 bridgehead atoms. The van der Waals surface area contributed by atoms with Crippen LogP contribution in [0.1, 0.15) is 32.3 Å². The van der Waals surface area contributed by atoms with Crippen molar-refractivity contribution >= 4 is 17.7 Å². The number of amides is 3. The first-order chi connectivity index (χ1) is 13.4. The van der Waals surface area contributed by atoms with Gasteiger partial charge in [0.2, 0.25) is 17.7 Å². The van der Waals surface area contributed by atoms with Crippen LogP contribution in [-0.4, -0.2) is 72.8 Å². The molecule has 8 heteroatoms. The molecule has 1 aliphatic heterocycles. The molecule has 1 aromatic carbocycles. The molecule has 1 heterocycles. The molecule has 2 N–H and O–H groups in total. The van der Waals surface area contributed by atoms with E-state index in [1.807, 2.05) is 7.05 Å². The molecule has 0 atom stereocenters. The first kappa shape index (κ1) is 22.8. The largest absolute Gasteiger partial charge is 0.347 e. The van der Waals surface area contributed by atoms with E-state index >= 15 is 0 Å². The monoisotopic (exact) mass is 406 g/mol. The van der Waals surface area contributed by atoms with Crippen molar-refractivity contribution in [2.75, 3.05) is 34.2 Å². The van der Waals surface area contributed by atoms with Gasteiger partial charge in [-0.25, -0.2) is 4.39 Å². The van der Waals surface area contributed by atoms with Crippen molar-refractivity contribution in [3.63, 3.8) is 0 Å². The van der Waals surface area contributed by atoms with Crippen LogP contribution in [0.5, 0.6) is 0 Å². The van der Waals surface area contributed by atoms with Crippen molar-refractivity contribution in [3.8, 4) is 0 Å². The maximum absolute atomic E-state index is 13.2. The minimum atomic E-state index is -1.10. The van der Waals surface area contributed by atoms with Gasteiger partial charge in [-0.15, -0.1) is 0 Å². The average molecular weight is 407 g/mol. The number of piperidine rings is 1. The van der Waals surface area contributed by atoms with Crippen molar-refractivity contribution in [2.24, 2.45) is 0 Å². The van der Waals surface area contributed by atoms with E-state index in [0.29, 0.717) is 31.5 Å². The highest BCUT2D eigenvalue weighted by Gasteiger charge is 2.45. The first-order valence-electron chi connectivity index (χ1n) is 9.73. The predicted molar refractivity (Wildman–Crippen MR) is 109 cm³/mol. The Balaban J connectivity index is 2.17. The molecule has 0 unspecified atom stereocenters. The normalized spacial score (nSPS) is 16.8. The summed E-state index contributed by atoms with van der Waals surface area (Å²) in [6.45, 7) is 4.59. The van der Waals surface area contributed by atoms with Gasteiger partial charge in [0, 0.05) is 27.2 Å². The number of rotatable bonds is 6. The Morgan fingerprint density at radius 3 is 2.21 bits per heavy atom. The summed E-state index contributed by atoms with van der Waals surface area (Å²) in [5.41, 5.74) is -1.53. The van der Waals surface area contributed by atoms with E-state index < -0.39 is 11.1 Å². The zero-order valence-corrected chi connectivity index (χ0v) is 17.8. The number of benzene rings is 1. The van der Waals surface area contributed by atoms with Gasteiger partial charge < -0.3 is 20.4 Å². The molecule has 0 aliphatic carbocycles. The predicted octanol–water partition coefficient (Wildman–Crippen LogP) is 0.932. The Labute approximate surface area is 171 Å². The van der Waals surface area contributed by atoms with Gasteiger partial charge in [-0.3, -0.25) is 14.4 Å². The van der Waals surface area contributed by atoms with E-state index in [0.717, 1.165) is 0 Å². The molecular formula is C21H31FN4O3. The van der Waals surface area contributed by atoms with Crippen LogP contribution in [0.3, 0.4) is 0 Å². The van der Waals surface area contributed by atoms with Gasteiger partial charge >= 0.3 is 0 Å². The number of carbonyl (C=O) groups is 3. The molecule has 1 fully saturated rings. The summed E-state index contributed by atoms with van der Waals surface area (Å²) in [5, 5.41) is 5.74. The van der Waals surface area contributed by atoms with Gasteiger partial charge in [-0.2, -0.15) is 0 Å². The maximum atomic E-state index is 13.2. The third-order valence-corrected chi connectivity index (χ3v) is 5.30. The molecule has 1 aromatic rings. The molecule has 0 spiro atoms. The summed E-state index contributed by atoms with van der Waals surface area (Å²) in [4.78, 5) is 41.9. The lowest BCUT2D eigenvalue weighted by molar-refractivity contribution is -0.142. The third kappa shape index (κ3) is 5.76. The number of nitrogens with one attached hydrogen (secondary N) is 2. The van der Waals surface area contributed by atoms with Crippen LogP contribution >= 0.6 is 0 Å². The van der Waals surface area contributed by atoms with E-state index in [4.69, 9.17) is 0 Å². The van der Waals surface area contributed by atoms with E-state index in [-0.39, 0.29) is 30.0 Å². The van der Waals surface area contributed by atoms with E-state index in [1.54, 1.807) is 40.1 Å². The van der Waals surface area contributed by atoms with Crippen molar-refractivity contribution in [1.29, 1.82) is 0 Å². The lowest BCUT2D eigenvalue weighted by Crippen LogP contribution is -2.67. The van der Waals surface area contributed by atoms with Crippen LogP contribution < -0.4 is 10.6 Å². The van der Waals surface area contributed by atoms with Crippen LogP contribution in [0.25, 0.3) is 0 Å². The van der Waals surface area contributed by atoms with Crippen molar-refractivity contribution < 1.29 is 18.8 Å². The van der Waals surface area contributed by atoms with Crippen molar-refractivity contribution in [1.82, 2.24) is 20.4 Å². The Kier molecular flexibility index (Phi) is 7.00. The van der Waals surface area contributed by atoms with Gasteiger partial charge in [-0.05, 0) is 51.4 Å². The van der Waals surface area contributed by atoms with Gasteiger partial charge in [0.15, 0.2) is 0 Å². The van der Waals surface area contributed by atoms with Crippen LogP contribution in [-0.2, 0) is 20.8 Å². The van der Waals surface area contributed by atoms with Crippen molar-refractivity contribution in [2.45, 2.75) is 44.2 Å². The number of likely N-dealkylation sites (N-methyl/N-ethyl adjacent to an activating group) is 1. The number of likely N-dealkylation sites (tertiary alicyclic amines) is 1. The van der Waals surface area contributed by atoms with Crippen molar-refractivity contribution in [3.05, 3.63) is 35.6 Å². The Hall–Kier alpha value is -2.48. The molecule has 0 aromatic heterocycles. The molecule has 29 heavy (non-hydrogen) atoms. The zero-order chi connectivity index (χ0) is 21.8. The van der Waals surface area contributed by atoms with Crippen LogP contribution in [0, 0.1) is 5.82 Å². The highest BCUT2D eigenvalue weighted by atomic mass is 19.1. The summed E-state index contributed by atoms with van der Waals surface area (Å²) in [6.07, 6.45) is 0.929. The standard InChI is InChI=1S/C21H31FN4O3/c1-20(2,19(29)25(3)4)24-18(28)21(10-12-26(5)13-11-21)23-17(27)14-15-6-8-16(22)9-7-15/h6-9H,10-14H2,1-5H3,(H,23,27)(H,24,28). The SMILES string of the molecule is CN1CCC(NC(=O)Cc2ccc(F)cc2)(C(=O)NC(C)(C)C(=O)N(C)C)CC1. The number of nitrogens with zero attached hydrogens (tertiary/aromatic N) is 2. The molecule has 3 amide bonds. The molecule has 2 rings (SSSR count). The number of hydrogen-bond acceptors (Lipinski definition) is 4. The molecule has 1 saturated heterocycles. The fourth-order valence-electron chi connectivity index (χ4n) is 3.52. The Bertz CT molecular complexity index is 754. The second-order valence-corrected chi connectivity index (χ2v) is 8.52. The number of hydrogen-bond donors (Lipinski definition) is 2.